The molecule has 0 aliphatic carbocycles. The zero-order chi connectivity index (χ0) is 9.14. The predicted octanol–water partition coefficient (Wildman–Crippen LogP) is 0.374. The van der Waals surface area contributed by atoms with Crippen LogP contribution in [-0.4, -0.2) is 16.1 Å². The third kappa shape index (κ3) is 1.51. The van der Waals surface area contributed by atoms with Crippen molar-refractivity contribution in [1.82, 2.24) is 4.98 Å². The van der Waals surface area contributed by atoms with Crippen LogP contribution in [0.1, 0.15) is 16.1 Å². The van der Waals surface area contributed by atoms with Gasteiger partial charge in [-0.05, 0) is 19.1 Å². The number of aromatic nitrogens is 1. The summed E-state index contributed by atoms with van der Waals surface area (Å²) in [7, 11) is 0. The summed E-state index contributed by atoms with van der Waals surface area (Å²) in [4.78, 5) is 14.5. The fraction of sp³-hybridized carbons (Fsp3) is 0.143. The number of hydrogen-bond acceptors (Lipinski definition) is 4. The van der Waals surface area contributed by atoms with Crippen LogP contribution in [0.3, 0.4) is 0 Å². The van der Waals surface area contributed by atoms with Crippen molar-refractivity contribution in [3.8, 4) is 0 Å². The first kappa shape index (κ1) is 8.48. The molecule has 0 fully saturated rings. The van der Waals surface area contributed by atoms with E-state index in [4.69, 9.17) is 10.9 Å². The highest BCUT2D eigenvalue weighted by molar-refractivity contribution is 5.92. The van der Waals surface area contributed by atoms with Gasteiger partial charge in [0.2, 0.25) is 0 Å². The first-order chi connectivity index (χ1) is 5.65. The van der Waals surface area contributed by atoms with E-state index in [0.717, 1.165) is 0 Å². The molecule has 1 aromatic heterocycles. The van der Waals surface area contributed by atoms with Crippen LogP contribution < -0.4 is 11.3 Å². The molecule has 0 amide bonds. The average Bonchev–Trinajstić information content (AvgIpc) is 2.03. The number of nitrogens with one attached hydrogen (secondary N) is 1. The lowest BCUT2D eigenvalue weighted by Crippen LogP contribution is -2.13. The number of nitrogens with zero attached hydrogens (tertiary/aromatic N) is 1. The number of carbonyl (C=O) groups is 1. The summed E-state index contributed by atoms with van der Waals surface area (Å²) in [5.74, 6) is 4.22. The van der Waals surface area contributed by atoms with E-state index in [-0.39, 0.29) is 11.4 Å². The zero-order valence-electron chi connectivity index (χ0n) is 6.53. The van der Waals surface area contributed by atoms with E-state index in [9.17, 15) is 4.79 Å². The molecule has 0 saturated carbocycles. The van der Waals surface area contributed by atoms with Crippen LogP contribution in [0.2, 0.25) is 0 Å². The second-order valence-corrected chi connectivity index (χ2v) is 2.30. The van der Waals surface area contributed by atoms with E-state index in [1.807, 2.05) is 0 Å². The molecule has 1 heterocycles. The average molecular weight is 167 g/mol. The Balaban J connectivity index is 3.20. The lowest BCUT2D eigenvalue weighted by Gasteiger charge is -2.03. The number of rotatable bonds is 2. The van der Waals surface area contributed by atoms with E-state index in [1.165, 1.54) is 6.07 Å². The van der Waals surface area contributed by atoms with Crippen molar-refractivity contribution < 1.29 is 9.90 Å². The number of anilines is 1. The Morgan fingerprint density at radius 3 is 2.83 bits per heavy atom. The van der Waals surface area contributed by atoms with E-state index >= 15 is 0 Å². The van der Waals surface area contributed by atoms with Gasteiger partial charge in [-0.25, -0.2) is 15.6 Å². The second kappa shape index (κ2) is 3.19. The number of carboxylic acids is 1. The third-order valence-electron chi connectivity index (χ3n) is 1.40. The van der Waals surface area contributed by atoms with Crippen LogP contribution >= 0.6 is 0 Å². The number of carboxylic acid groups (broad SMARTS) is 1. The number of pyridine rings is 1. The fourth-order valence-electron chi connectivity index (χ4n) is 0.839. The summed E-state index contributed by atoms with van der Waals surface area (Å²) in [6.45, 7) is 1.76. The van der Waals surface area contributed by atoms with Gasteiger partial charge in [0, 0.05) is 5.69 Å². The van der Waals surface area contributed by atoms with E-state index in [2.05, 4.69) is 10.4 Å². The highest BCUT2D eigenvalue weighted by Crippen LogP contribution is 2.11. The molecule has 0 spiro atoms. The van der Waals surface area contributed by atoms with Crippen molar-refractivity contribution in [3.63, 3.8) is 0 Å². The lowest BCUT2D eigenvalue weighted by molar-refractivity contribution is 0.0697. The Kier molecular flexibility index (Phi) is 2.25. The number of aryl methyl sites for hydroxylation is 1. The number of aromatic carboxylic acids is 1. The van der Waals surface area contributed by atoms with Crippen molar-refractivity contribution in [3.05, 3.63) is 23.4 Å². The van der Waals surface area contributed by atoms with Gasteiger partial charge in [0.05, 0.1) is 0 Å². The first-order valence-corrected chi connectivity index (χ1v) is 3.32. The molecule has 1 rings (SSSR count). The molecule has 4 N–H and O–H groups in total. The molecule has 0 aliphatic heterocycles. The van der Waals surface area contributed by atoms with Crippen molar-refractivity contribution >= 4 is 11.8 Å². The Labute approximate surface area is 69.2 Å². The Morgan fingerprint density at radius 2 is 2.33 bits per heavy atom. The smallest absolute Gasteiger partial charge is 0.339 e. The molecule has 64 valence electrons. The maximum atomic E-state index is 10.6. The van der Waals surface area contributed by atoms with Crippen molar-refractivity contribution in [1.29, 1.82) is 0 Å². The molecule has 0 bridgehead atoms. The van der Waals surface area contributed by atoms with E-state index < -0.39 is 5.97 Å². The summed E-state index contributed by atoms with van der Waals surface area (Å²) in [6, 6.07) is 3.07. The predicted molar refractivity (Wildman–Crippen MR) is 43.7 cm³/mol. The standard InChI is InChI=1S/C7H9N3O2/c1-4-2-3-5(7(11)12)6(9-4)10-8/h2-3H,8H2,1H3,(H,9,10)(H,11,12). The molecule has 0 atom stereocenters. The van der Waals surface area contributed by atoms with Crippen molar-refractivity contribution in [2.75, 3.05) is 5.43 Å². The summed E-state index contributed by atoms with van der Waals surface area (Å²) in [6.07, 6.45) is 0. The highest BCUT2D eigenvalue weighted by Gasteiger charge is 2.09. The monoisotopic (exact) mass is 167 g/mol. The van der Waals surface area contributed by atoms with Gasteiger partial charge in [0.1, 0.15) is 5.56 Å². The Morgan fingerprint density at radius 1 is 1.67 bits per heavy atom. The normalized spacial score (nSPS) is 9.50. The van der Waals surface area contributed by atoms with Crippen molar-refractivity contribution in [2.45, 2.75) is 6.92 Å². The third-order valence-corrected chi connectivity index (χ3v) is 1.40. The molecule has 0 aliphatic rings. The number of nitrogens with two attached hydrogens (primary N) is 1. The summed E-state index contributed by atoms with van der Waals surface area (Å²) in [5.41, 5.74) is 3.01. The molecule has 1 aromatic rings. The van der Waals surface area contributed by atoms with Gasteiger partial charge in [-0.1, -0.05) is 0 Å². The zero-order valence-corrected chi connectivity index (χ0v) is 6.53. The van der Waals surface area contributed by atoms with E-state index in [1.54, 1.807) is 13.0 Å². The maximum Gasteiger partial charge on any atom is 0.339 e. The molecule has 12 heavy (non-hydrogen) atoms. The number of hydrazine groups is 1. The topological polar surface area (TPSA) is 88.2 Å². The summed E-state index contributed by atoms with van der Waals surface area (Å²) in [5, 5.41) is 8.65. The molecular weight excluding hydrogens is 158 g/mol. The number of hydrogen-bond donors (Lipinski definition) is 3. The lowest BCUT2D eigenvalue weighted by atomic mass is 10.2. The maximum absolute atomic E-state index is 10.6. The molecular formula is C7H9N3O2. The molecule has 0 aromatic carbocycles. The van der Waals surface area contributed by atoms with Gasteiger partial charge in [0.25, 0.3) is 0 Å². The van der Waals surface area contributed by atoms with Gasteiger partial charge in [0.15, 0.2) is 5.82 Å². The van der Waals surface area contributed by atoms with Crippen LogP contribution in [0, 0.1) is 6.92 Å². The molecule has 5 nitrogen and oxygen atoms in total. The molecule has 0 radical (unpaired) electrons. The number of nitrogen functional groups attached to an aromatic ring is 1. The Hall–Kier alpha value is -1.62. The minimum Gasteiger partial charge on any atom is -0.478 e. The molecule has 0 unspecified atom stereocenters. The minimum atomic E-state index is -1.05. The fourth-order valence-corrected chi connectivity index (χ4v) is 0.839. The molecule has 0 saturated heterocycles. The summed E-state index contributed by atoms with van der Waals surface area (Å²) >= 11 is 0. The van der Waals surface area contributed by atoms with Gasteiger partial charge in [-0.3, -0.25) is 0 Å². The first-order valence-electron chi connectivity index (χ1n) is 3.32. The van der Waals surface area contributed by atoms with Crippen LogP contribution in [-0.2, 0) is 0 Å². The second-order valence-electron chi connectivity index (χ2n) is 2.30. The van der Waals surface area contributed by atoms with Crippen LogP contribution in [0.4, 0.5) is 5.82 Å². The van der Waals surface area contributed by atoms with Gasteiger partial charge < -0.3 is 10.5 Å². The largest absolute Gasteiger partial charge is 0.478 e. The van der Waals surface area contributed by atoms with Gasteiger partial charge >= 0.3 is 5.97 Å². The molecule has 5 heteroatoms. The Bertz CT molecular complexity index is 312. The van der Waals surface area contributed by atoms with Crippen LogP contribution in [0.5, 0.6) is 0 Å². The van der Waals surface area contributed by atoms with E-state index in [0.29, 0.717) is 5.69 Å². The van der Waals surface area contributed by atoms with Crippen LogP contribution in [0.25, 0.3) is 0 Å². The van der Waals surface area contributed by atoms with Gasteiger partial charge in [-0.15, -0.1) is 0 Å². The van der Waals surface area contributed by atoms with Gasteiger partial charge in [-0.2, -0.15) is 0 Å². The SMILES string of the molecule is Cc1ccc(C(=O)O)c(NN)n1. The van der Waals surface area contributed by atoms with Crippen molar-refractivity contribution in [2.24, 2.45) is 5.84 Å². The minimum absolute atomic E-state index is 0.0723. The quantitative estimate of drug-likeness (QED) is 0.437. The van der Waals surface area contributed by atoms with Crippen LogP contribution in [0.15, 0.2) is 12.1 Å². The highest BCUT2D eigenvalue weighted by atomic mass is 16.4. The summed E-state index contributed by atoms with van der Waals surface area (Å²) < 4.78 is 0.